The summed E-state index contributed by atoms with van der Waals surface area (Å²) in [4.78, 5) is 0. The molecule has 0 N–H and O–H groups in total. The van der Waals surface area contributed by atoms with Gasteiger partial charge in [0, 0.05) is 0 Å². The highest BCUT2D eigenvalue weighted by Gasteiger charge is 2.14. The van der Waals surface area contributed by atoms with E-state index >= 15 is 0 Å². The Morgan fingerprint density at radius 2 is 0.714 bits per heavy atom. The van der Waals surface area contributed by atoms with Crippen molar-refractivity contribution in [1.29, 1.82) is 0 Å². The summed E-state index contributed by atoms with van der Waals surface area (Å²) >= 11 is 0. The Labute approximate surface area is 169 Å². The second-order valence-electron chi connectivity index (χ2n) is 7.00. The Balaban J connectivity index is 1.58. The van der Waals surface area contributed by atoms with Gasteiger partial charge < -0.3 is 13.6 Å². The van der Waals surface area contributed by atoms with Crippen LogP contribution in [-0.2, 0) is 33.4 Å². The van der Waals surface area contributed by atoms with E-state index in [0.29, 0.717) is 19.8 Å². The predicted octanol–water partition coefficient (Wildman–Crippen LogP) is 6.79. The van der Waals surface area contributed by atoms with Crippen LogP contribution in [-0.4, -0.2) is 0 Å². The average molecular weight is 394 g/mol. The highest BCUT2D eigenvalue weighted by atomic mass is 31.2. The lowest BCUT2D eigenvalue weighted by Gasteiger charge is -2.17. The van der Waals surface area contributed by atoms with Crippen LogP contribution in [0.2, 0.25) is 0 Å². The second kappa shape index (κ2) is 10.5. The van der Waals surface area contributed by atoms with Gasteiger partial charge in [-0.3, -0.25) is 0 Å². The Morgan fingerprint density at radius 1 is 0.464 bits per heavy atom. The van der Waals surface area contributed by atoms with Crippen molar-refractivity contribution in [2.75, 3.05) is 0 Å². The van der Waals surface area contributed by atoms with E-state index in [4.69, 9.17) is 13.6 Å². The zero-order valence-corrected chi connectivity index (χ0v) is 17.6. The lowest BCUT2D eigenvalue weighted by Crippen LogP contribution is -1.98. The molecule has 0 aliphatic rings. The molecule has 3 aromatic rings. The summed E-state index contributed by atoms with van der Waals surface area (Å²) in [6.45, 7) is 7.63. The molecular weight excluding hydrogens is 367 g/mol. The Kier molecular flexibility index (Phi) is 7.76. The fourth-order valence-electron chi connectivity index (χ4n) is 2.55. The molecule has 3 nitrogen and oxygen atoms in total. The van der Waals surface area contributed by atoms with Gasteiger partial charge in [0.2, 0.25) is 0 Å². The fraction of sp³-hybridized carbons (Fsp3) is 0.250. The molecule has 0 saturated heterocycles. The lowest BCUT2D eigenvalue weighted by molar-refractivity contribution is 0.144. The van der Waals surface area contributed by atoms with Crippen molar-refractivity contribution in [2.24, 2.45) is 0 Å². The van der Waals surface area contributed by atoms with E-state index in [9.17, 15) is 0 Å². The molecular formula is C24H27O3P. The van der Waals surface area contributed by atoms with Crippen molar-refractivity contribution in [3.05, 3.63) is 106 Å². The summed E-state index contributed by atoms with van der Waals surface area (Å²) in [6.07, 6.45) is 0. The van der Waals surface area contributed by atoms with Gasteiger partial charge in [0.05, 0.1) is 19.8 Å². The zero-order chi connectivity index (χ0) is 19.8. The zero-order valence-electron chi connectivity index (χ0n) is 16.7. The molecule has 28 heavy (non-hydrogen) atoms. The van der Waals surface area contributed by atoms with Gasteiger partial charge in [-0.2, -0.15) is 0 Å². The first-order valence-corrected chi connectivity index (χ1v) is 10.5. The standard InChI is InChI=1S/C24H27O3P/c1-19-4-10-22(11-5-19)16-25-28(26-17-23-12-6-20(2)7-13-23)27-18-24-14-8-21(3)9-15-24/h4-15H,16-18H2,1-3H3. The first-order chi connectivity index (χ1) is 13.6. The maximum absolute atomic E-state index is 5.98. The van der Waals surface area contributed by atoms with Crippen LogP contribution >= 0.6 is 8.60 Å². The molecule has 3 rings (SSSR count). The topological polar surface area (TPSA) is 27.7 Å². The summed E-state index contributed by atoms with van der Waals surface area (Å²) < 4.78 is 17.9. The van der Waals surface area contributed by atoms with Gasteiger partial charge in [-0.1, -0.05) is 89.5 Å². The number of hydrogen-bond donors (Lipinski definition) is 0. The molecule has 3 aromatic carbocycles. The van der Waals surface area contributed by atoms with Crippen LogP contribution in [0.4, 0.5) is 0 Å². The lowest BCUT2D eigenvalue weighted by atomic mass is 10.2. The predicted molar refractivity (Wildman–Crippen MR) is 115 cm³/mol. The van der Waals surface area contributed by atoms with E-state index in [1.54, 1.807) is 0 Å². The highest BCUT2D eigenvalue weighted by Crippen LogP contribution is 2.42. The van der Waals surface area contributed by atoms with Crippen LogP contribution in [0.15, 0.2) is 72.8 Å². The molecule has 0 unspecified atom stereocenters. The van der Waals surface area contributed by atoms with Crippen molar-refractivity contribution in [2.45, 2.75) is 40.6 Å². The molecule has 146 valence electrons. The SMILES string of the molecule is Cc1ccc(COP(OCc2ccc(C)cc2)OCc2ccc(C)cc2)cc1. The van der Waals surface area contributed by atoms with E-state index < -0.39 is 8.60 Å². The van der Waals surface area contributed by atoms with E-state index in [0.717, 1.165) is 16.7 Å². The van der Waals surface area contributed by atoms with Gasteiger partial charge in [0.25, 0.3) is 0 Å². The summed E-state index contributed by atoms with van der Waals surface area (Å²) in [5.74, 6) is 0. The van der Waals surface area contributed by atoms with E-state index in [-0.39, 0.29) is 0 Å². The molecule has 0 atom stereocenters. The van der Waals surface area contributed by atoms with E-state index in [1.807, 2.05) is 0 Å². The fourth-order valence-corrected chi connectivity index (χ4v) is 3.53. The minimum absolute atomic E-state index is 0.466. The third-order valence-corrected chi connectivity index (χ3v) is 5.39. The van der Waals surface area contributed by atoms with Crippen molar-refractivity contribution >= 4 is 8.60 Å². The Hall–Kier alpha value is -2.03. The molecule has 0 aromatic heterocycles. The smallest absolute Gasteiger partial charge is 0.307 e. The largest absolute Gasteiger partial charge is 0.333 e. The first kappa shape index (κ1) is 20.7. The third kappa shape index (κ3) is 6.85. The molecule has 0 radical (unpaired) electrons. The average Bonchev–Trinajstić information content (AvgIpc) is 2.71. The highest BCUT2D eigenvalue weighted by molar-refractivity contribution is 7.41. The first-order valence-electron chi connectivity index (χ1n) is 9.44. The van der Waals surface area contributed by atoms with Gasteiger partial charge in [-0.05, 0) is 37.5 Å². The molecule has 0 fully saturated rings. The third-order valence-electron chi connectivity index (χ3n) is 4.37. The van der Waals surface area contributed by atoms with Crippen LogP contribution in [0.25, 0.3) is 0 Å². The maximum atomic E-state index is 5.98. The van der Waals surface area contributed by atoms with Crippen LogP contribution < -0.4 is 0 Å². The van der Waals surface area contributed by atoms with Crippen molar-refractivity contribution < 1.29 is 13.6 Å². The molecule has 0 aliphatic carbocycles. The summed E-state index contributed by atoms with van der Waals surface area (Å²) in [7, 11) is -1.45. The quantitative estimate of drug-likeness (QED) is 0.374. The van der Waals surface area contributed by atoms with Crippen molar-refractivity contribution in [1.82, 2.24) is 0 Å². The monoisotopic (exact) mass is 394 g/mol. The van der Waals surface area contributed by atoms with Crippen LogP contribution in [0.1, 0.15) is 33.4 Å². The summed E-state index contributed by atoms with van der Waals surface area (Å²) in [5.41, 5.74) is 7.02. The van der Waals surface area contributed by atoms with Gasteiger partial charge in [0.1, 0.15) is 0 Å². The molecule has 0 heterocycles. The van der Waals surface area contributed by atoms with Crippen molar-refractivity contribution in [3.63, 3.8) is 0 Å². The molecule has 0 saturated carbocycles. The number of hydrogen-bond acceptors (Lipinski definition) is 3. The number of aryl methyl sites for hydroxylation is 3. The molecule has 0 spiro atoms. The van der Waals surface area contributed by atoms with Gasteiger partial charge >= 0.3 is 8.60 Å². The minimum atomic E-state index is -1.45. The van der Waals surface area contributed by atoms with E-state index in [1.165, 1.54) is 16.7 Å². The normalized spacial score (nSPS) is 11.1. The van der Waals surface area contributed by atoms with Crippen LogP contribution in [0, 0.1) is 20.8 Å². The second-order valence-corrected chi connectivity index (χ2v) is 8.22. The molecule has 4 heteroatoms. The van der Waals surface area contributed by atoms with E-state index in [2.05, 4.69) is 93.6 Å². The van der Waals surface area contributed by atoms with Crippen LogP contribution in [0.3, 0.4) is 0 Å². The van der Waals surface area contributed by atoms with Crippen molar-refractivity contribution in [3.8, 4) is 0 Å². The number of benzene rings is 3. The maximum Gasteiger partial charge on any atom is 0.333 e. The molecule has 0 bridgehead atoms. The van der Waals surface area contributed by atoms with Gasteiger partial charge in [-0.15, -0.1) is 0 Å². The van der Waals surface area contributed by atoms with Gasteiger partial charge in [0.15, 0.2) is 0 Å². The minimum Gasteiger partial charge on any atom is -0.307 e. The van der Waals surface area contributed by atoms with Gasteiger partial charge in [-0.25, -0.2) is 0 Å². The Bertz CT molecular complexity index is 725. The number of rotatable bonds is 9. The Morgan fingerprint density at radius 3 is 0.964 bits per heavy atom. The summed E-state index contributed by atoms with van der Waals surface area (Å²) in [5, 5.41) is 0. The molecule has 0 aliphatic heterocycles. The van der Waals surface area contributed by atoms with Crippen LogP contribution in [0.5, 0.6) is 0 Å². The summed E-state index contributed by atoms with van der Waals surface area (Å²) in [6, 6.07) is 24.9. The molecule has 0 amide bonds.